The van der Waals surface area contributed by atoms with E-state index >= 15 is 0 Å². The topological polar surface area (TPSA) is 35.9 Å². The van der Waals surface area contributed by atoms with Crippen molar-refractivity contribution < 1.29 is 4.79 Å². The van der Waals surface area contributed by atoms with E-state index in [4.69, 9.17) is 16.7 Å². The molecular weight excluding hydrogens is 370 g/mol. The van der Waals surface area contributed by atoms with Gasteiger partial charge in [0.2, 0.25) is 0 Å². The molecule has 4 nitrogen and oxygen atoms in total. The summed E-state index contributed by atoms with van der Waals surface area (Å²) in [5, 5.41) is 7.14. The highest BCUT2D eigenvalue weighted by atomic mass is 35.5. The molecule has 0 spiro atoms. The lowest BCUT2D eigenvalue weighted by atomic mass is 9.96. The highest BCUT2D eigenvalue weighted by molar-refractivity contribution is 6.31. The van der Waals surface area contributed by atoms with Crippen LogP contribution in [0, 0.1) is 13.8 Å². The molecule has 0 bridgehead atoms. The lowest BCUT2D eigenvalue weighted by Crippen LogP contribution is -2.37. The Morgan fingerprint density at radius 3 is 2.57 bits per heavy atom. The van der Waals surface area contributed by atoms with Crippen molar-refractivity contribution in [1.82, 2.24) is 9.91 Å². The number of rotatable bonds is 4. The van der Waals surface area contributed by atoms with Crippen LogP contribution in [0.5, 0.6) is 0 Å². The van der Waals surface area contributed by atoms with Crippen LogP contribution < -0.4 is 0 Å². The van der Waals surface area contributed by atoms with Gasteiger partial charge in [-0.1, -0.05) is 41.9 Å². The second-order valence-corrected chi connectivity index (χ2v) is 8.22. The molecular formula is C23H26ClN3O. The van der Waals surface area contributed by atoms with Crippen LogP contribution in [0.3, 0.4) is 0 Å². The third kappa shape index (κ3) is 3.85. The predicted molar refractivity (Wildman–Crippen MR) is 114 cm³/mol. The maximum Gasteiger partial charge on any atom is 0.257 e. The van der Waals surface area contributed by atoms with E-state index in [1.54, 1.807) is 5.01 Å². The van der Waals surface area contributed by atoms with Gasteiger partial charge in [0, 0.05) is 11.4 Å². The van der Waals surface area contributed by atoms with Gasteiger partial charge in [-0.15, -0.1) is 0 Å². The first-order valence-corrected chi connectivity index (χ1v) is 10.3. The first-order chi connectivity index (χ1) is 13.5. The number of likely N-dealkylation sites (tertiary alicyclic amines) is 1. The molecule has 2 heterocycles. The minimum absolute atomic E-state index is 0.0469. The molecule has 0 N–H and O–H groups in total. The van der Waals surface area contributed by atoms with E-state index in [1.165, 1.54) is 24.0 Å². The number of hydrogen-bond donors (Lipinski definition) is 0. The summed E-state index contributed by atoms with van der Waals surface area (Å²) in [4.78, 5) is 15.3. The molecule has 1 saturated heterocycles. The molecule has 0 radical (unpaired) electrons. The van der Waals surface area contributed by atoms with Gasteiger partial charge in [0.05, 0.1) is 18.3 Å². The van der Waals surface area contributed by atoms with Gasteiger partial charge in [0.15, 0.2) is 0 Å². The van der Waals surface area contributed by atoms with Gasteiger partial charge >= 0.3 is 0 Å². The number of hydrazone groups is 1. The summed E-state index contributed by atoms with van der Waals surface area (Å²) in [6, 6.07) is 14.0. The molecule has 1 fully saturated rings. The van der Waals surface area contributed by atoms with Crippen molar-refractivity contribution in [2.24, 2.45) is 5.10 Å². The maximum atomic E-state index is 13.1. The number of halogens is 1. The number of amides is 1. The van der Waals surface area contributed by atoms with Crippen molar-refractivity contribution in [1.29, 1.82) is 0 Å². The van der Waals surface area contributed by atoms with Gasteiger partial charge in [-0.3, -0.25) is 9.69 Å². The number of hydrogen-bond acceptors (Lipinski definition) is 3. The van der Waals surface area contributed by atoms with E-state index in [0.29, 0.717) is 18.0 Å². The lowest BCUT2D eigenvalue weighted by Gasteiger charge is -2.25. The van der Waals surface area contributed by atoms with Gasteiger partial charge < -0.3 is 0 Å². The van der Waals surface area contributed by atoms with E-state index in [1.807, 2.05) is 24.3 Å². The largest absolute Gasteiger partial charge is 0.294 e. The summed E-state index contributed by atoms with van der Waals surface area (Å²) in [6.07, 6.45) is 3.01. The summed E-state index contributed by atoms with van der Waals surface area (Å²) in [7, 11) is 0. The summed E-state index contributed by atoms with van der Waals surface area (Å²) >= 11 is 6.49. The summed E-state index contributed by atoms with van der Waals surface area (Å²) in [5.41, 5.74) is 5.48. The van der Waals surface area contributed by atoms with Crippen molar-refractivity contribution in [2.75, 3.05) is 19.6 Å². The molecule has 0 saturated carbocycles. The van der Waals surface area contributed by atoms with Gasteiger partial charge in [-0.2, -0.15) is 5.10 Å². The predicted octanol–water partition coefficient (Wildman–Crippen LogP) is 4.73. The number of benzene rings is 2. The van der Waals surface area contributed by atoms with Gasteiger partial charge in [0.25, 0.3) is 5.91 Å². The summed E-state index contributed by atoms with van der Waals surface area (Å²) < 4.78 is 0. The van der Waals surface area contributed by atoms with Crippen LogP contribution in [-0.2, 0) is 4.79 Å². The van der Waals surface area contributed by atoms with E-state index in [-0.39, 0.29) is 11.9 Å². The SMILES string of the molecule is Cc1ccc(C2=NN(C(=O)CN3CCCC3)[C@H](c3ccccc3Cl)C2)cc1C. The lowest BCUT2D eigenvalue weighted by molar-refractivity contribution is -0.134. The molecule has 4 rings (SSSR count). The zero-order valence-electron chi connectivity index (χ0n) is 16.5. The minimum atomic E-state index is -0.152. The molecule has 0 unspecified atom stereocenters. The summed E-state index contributed by atoms with van der Waals surface area (Å²) in [5.74, 6) is 0.0469. The number of aryl methyl sites for hydroxylation is 2. The number of carbonyl (C=O) groups is 1. The first kappa shape index (κ1) is 19.2. The highest BCUT2D eigenvalue weighted by Crippen LogP contribution is 2.36. The molecule has 5 heteroatoms. The van der Waals surface area contributed by atoms with Crippen LogP contribution in [0.1, 0.15) is 47.6 Å². The van der Waals surface area contributed by atoms with Crippen molar-refractivity contribution in [3.05, 3.63) is 69.7 Å². The van der Waals surface area contributed by atoms with Gasteiger partial charge in [-0.05, 0) is 74.2 Å². The first-order valence-electron chi connectivity index (χ1n) is 9.97. The molecule has 0 aliphatic carbocycles. The Bertz CT molecular complexity index is 918. The Hall–Kier alpha value is -2.17. The Morgan fingerprint density at radius 2 is 1.86 bits per heavy atom. The Morgan fingerprint density at radius 1 is 1.11 bits per heavy atom. The minimum Gasteiger partial charge on any atom is -0.294 e. The second kappa shape index (κ2) is 8.06. The molecule has 0 aromatic heterocycles. The summed E-state index contributed by atoms with van der Waals surface area (Å²) in [6.45, 7) is 6.61. The Kier molecular flexibility index (Phi) is 5.51. The monoisotopic (exact) mass is 395 g/mol. The fourth-order valence-electron chi connectivity index (χ4n) is 4.03. The number of nitrogens with zero attached hydrogens (tertiary/aromatic N) is 3. The molecule has 28 heavy (non-hydrogen) atoms. The van der Waals surface area contributed by atoms with Crippen molar-refractivity contribution in [3.8, 4) is 0 Å². The molecule has 146 valence electrons. The number of carbonyl (C=O) groups excluding carboxylic acids is 1. The van der Waals surface area contributed by atoms with Gasteiger partial charge in [-0.25, -0.2) is 5.01 Å². The zero-order valence-corrected chi connectivity index (χ0v) is 17.2. The highest BCUT2D eigenvalue weighted by Gasteiger charge is 2.35. The molecule has 1 amide bonds. The van der Waals surface area contributed by atoms with Crippen molar-refractivity contribution in [3.63, 3.8) is 0 Å². The molecule has 2 aromatic carbocycles. The van der Waals surface area contributed by atoms with Crippen molar-refractivity contribution >= 4 is 23.2 Å². The zero-order chi connectivity index (χ0) is 19.7. The Labute approximate surface area is 171 Å². The van der Waals surface area contributed by atoms with Gasteiger partial charge in [0.1, 0.15) is 0 Å². The average Bonchev–Trinajstić information content (AvgIpc) is 3.34. The molecule has 1 atom stereocenters. The average molecular weight is 396 g/mol. The van der Waals surface area contributed by atoms with Crippen LogP contribution >= 0.6 is 11.6 Å². The third-order valence-electron chi connectivity index (χ3n) is 5.83. The molecule has 2 aliphatic heterocycles. The standard InChI is InChI=1S/C23H26ClN3O/c1-16-9-10-18(13-17(16)2)21-14-22(19-7-3-4-8-20(19)24)27(25-21)23(28)15-26-11-5-6-12-26/h3-4,7-10,13,22H,5-6,11-12,14-15H2,1-2H3/t22-/m0/s1. The van der Waals surface area contributed by atoms with E-state index in [0.717, 1.165) is 29.9 Å². The van der Waals surface area contributed by atoms with E-state index < -0.39 is 0 Å². The Balaban J connectivity index is 1.66. The van der Waals surface area contributed by atoms with Crippen molar-refractivity contribution in [2.45, 2.75) is 39.2 Å². The van der Waals surface area contributed by atoms with Crippen LogP contribution in [0.15, 0.2) is 47.6 Å². The van der Waals surface area contributed by atoms with E-state index in [2.05, 4.69) is 36.9 Å². The van der Waals surface area contributed by atoms with Crippen LogP contribution in [0.2, 0.25) is 5.02 Å². The van der Waals surface area contributed by atoms with Crippen LogP contribution in [-0.4, -0.2) is 41.2 Å². The van der Waals surface area contributed by atoms with E-state index in [9.17, 15) is 4.79 Å². The van der Waals surface area contributed by atoms with Crippen LogP contribution in [0.25, 0.3) is 0 Å². The third-order valence-corrected chi connectivity index (χ3v) is 6.17. The second-order valence-electron chi connectivity index (χ2n) is 7.81. The smallest absolute Gasteiger partial charge is 0.257 e. The maximum absolute atomic E-state index is 13.1. The molecule has 2 aliphatic rings. The fourth-order valence-corrected chi connectivity index (χ4v) is 4.29. The normalized spacial score (nSPS) is 19.9. The quantitative estimate of drug-likeness (QED) is 0.750. The van der Waals surface area contributed by atoms with Crippen LogP contribution in [0.4, 0.5) is 0 Å². The molecule has 2 aromatic rings. The fraction of sp³-hybridized carbons (Fsp3) is 0.391.